The molecule has 2 aliphatic heterocycles. The third-order valence-electron chi connectivity index (χ3n) is 6.92. The average Bonchev–Trinajstić information content (AvgIpc) is 3.35. The van der Waals surface area contributed by atoms with E-state index in [1.54, 1.807) is 25.3 Å². The zero-order valence-corrected chi connectivity index (χ0v) is 22.8. The number of thioether (sulfide) groups is 1. The molecule has 198 valence electrons. The van der Waals surface area contributed by atoms with Crippen molar-refractivity contribution in [1.29, 1.82) is 5.41 Å². The topological polar surface area (TPSA) is 96.6 Å². The SMILES string of the molecule is COc1cc(/C=C2/C(=N)N3N=C(C4CCCCC4)SC3=NC2=O)ccc1OCCOc1c(C)cccc1C. The summed E-state index contributed by atoms with van der Waals surface area (Å²) < 4.78 is 17.4. The maximum absolute atomic E-state index is 12.8. The first-order valence-electron chi connectivity index (χ1n) is 12.9. The standard InChI is InChI=1S/C29H32N4O4S/c1-18-8-7-9-19(2)25(18)37-15-14-36-23-13-12-20(17-24(23)35-3)16-22-26(30)33-29(31-27(22)34)38-28(32-33)21-10-5-4-6-11-21/h7-9,12-13,16-17,21,30H,4-6,10-11,14-15H2,1-3H3/b22-16-,30-26?. The van der Waals surface area contributed by atoms with E-state index >= 15 is 0 Å². The van der Waals surface area contributed by atoms with E-state index in [0.717, 1.165) is 34.8 Å². The number of hydrogen-bond donors (Lipinski definition) is 1. The molecule has 5 rings (SSSR count). The average molecular weight is 533 g/mol. The van der Waals surface area contributed by atoms with Crippen molar-refractivity contribution in [3.8, 4) is 17.2 Å². The molecule has 0 bridgehead atoms. The minimum Gasteiger partial charge on any atom is -0.493 e. The molecule has 1 saturated carbocycles. The Balaban J connectivity index is 1.26. The molecule has 0 saturated heterocycles. The maximum atomic E-state index is 12.8. The molecule has 0 radical (unpaired) electrons. The van der Waals surface area contributed by atoms with E-state index in [2.05, 4.69) is 10.1 Å². The fourth-order valence-electron chi connectivity index (χ4n) is 4.90. The smallest absolute Gasteiger partial charge is 0.283 e. The first-order valence-corrected chi connectivity index (χ1v) is 13.8. The lowest BCUT2D eigenvalue weighted by molar-refractivity contribution is -0.114. The van der Waals surface area contributed by atoms with Crippen LogP contribution in [0.25, 0.3) is 6.08 Å². The summed E-state index contributed by atoms with van der Waals surface area (Å²) in [5, 5.41) is 16.3. The summed E-state index contributed by atoms with van der Waals surface area (Å²) in [6, 6.07) is 11.5. The number of nitrogens with one attached hydrogen (secondary N) is 1. The van der Waals surface area contributed by atoms with Crippen LogP contribution in [0.3, 0.4) is 0 Å². The highest BCUT2D eigenvalue weighted by atomic mass is 32.2. The van der Waals surface area contributed by atoms with Gasteiger partial charge in [-0.15, -0.1) is 0 Å². The van der Waals surface area contributed by atoms with Gasteiger partial charge in [0.15, 0.2) is 17.3 Å². The van der Waals surface area contributed by atoms with Gasteiger partial charge in [0.25, 0.3) is 5.91 Å². The third kappa shape index (κ3) is 5.48. The highest BCUT2D eigenvalue weighted by Crippen LogP contribution is 2.36. The summed E-state index contributed by atoms with van der Waals surface area (Å²) >= 11 is 1.42. The van der Waals surface area contributed by atoms with Gasteiger partial charge in [-0.05, 0) is 73.4 Å². The second-order valence-electron chi connectivity index (χ2n) is 9.62. The molecule has 2 heterocycles. The lowest BCUT2D eigenvalue weighted by Crippen LogP contribution is -2.35. The summed E-state index contributed by atoms with van der Waals surface area (Å²) in [5.74, 6) is 1.97. The number of rotatable bonds is 8. The molecule has 1 amide bonds. The molecule has 3 aliphatic rings. The lowest BCUT2D eigenvalue weighted by Gasteiger charge is -2.20. The number of fused-ring (bicyclic) bond motifs is 1. The lowest BCUT2D eigenvalue weighted by atomic mass is 9.90. The molecule has 38 heavy (non-hydrogen) atoms. The van der Waals surface area contributed by atoms with E-state index in [0.29, 0.717) is 41.4 Å². The fourth-order valence-corrected chi connectivity index (χ4v) is 5.96. The van der Waals surface area contributed by atoms with Crippen molar-refractivity contribution in [2.75, 3.05) is 20.3 Å². The van der Waals surface area contributed by atoms with Gasteiger partial charge in [-0.25, -0.2) is 0 Å². The van der Waals surface area contributed by atoms with Crippen molar-refractivity contribution in [3.63, 3.8) is 0 Å². The summed E-state index contributed by atoms with van der Waals surface area (Å²) in [6.07, 6.45) is 7.50. The summed E-state index contributed by atoms with van der Waals surface area (Å²) in [7, 11) is 1.57. The number of amidine groups is 2. The van der Waals surface area contributed by atoms with Gasteiger partial charge in [0.1, 0.15) is 24.0 Å². The minimum atomic E-state index is -0.434. The zero-order valence-electron chi connectivity index (χ0n) is 22.0. The molecule has 1 N–H and O–H groups in total. The number of ether oxygens (including phenoxy) is 3. The number of amides is 1. The van der Waals surface area contributed by atoms with Crippen LogP contribution < -0.4 is 14.2 Å². The molecule has 1 aliphatic carbocycles. The largest absolute Gasteiger partial charge is 0.493 e. The normalized spacial score (nSPS) is 18.8. The van der Waals surface area contributed by atoms with Crippen LogP contribution in [0.1, 0.15) is 48.8 Å². The van der Waals surface area contributed by atoms with Crippen LogP contribution in [0, 0.1) is 25.2 Å². The molecule has 8 nitrogen and oxygen atoms in total. The molecule has 2 aromatic carbocycles. The predicted molar refractivity (Wildman–Crippen MR) is 151 cm³/mol. The number of carbonyl (C=O) groups excluding carboxylic acids is 1. The van der Waals surface area contributed by atoms with E-state index in [1.165, 1.54) is 36.0 Å². The molecule has 0 atom stereocenters. The van der Waals surface area contributed by atoms with Crippen LogP contribution in [-0.2, 0) is 4.79 Å². The van der Waals surface area contributed by atoms with Gasteiger partial charge in [-0.2, -0.15) is 15.1 Å². The first-order chi connectivity index (χ1) is 18.4. The number of carbonyl (C=O) groups is 1. The Hall–Kier alpha value is -3.59. The molecule has 2 aromatic rings. The van der Waals surface area contributed by atoms with Crippen molar-refractivity contribution >= 4 is 39.8 Å². The number of methoxy groups -OCH3 is 1. The molecule has 0 unspecified atom stereocenters. The summed E-state index contributed by atoms with van der Waals surface area (Å²) in [4.78, 5) is 17.1. The van der Waals surface area contributed by atoms with Gasteiger partial charge in [-0.1, -0.05) is 43.5 Å². The number of aryl methyl sites for hydroxylation is 2. The number of para-hydroxylation sites is 1. The molecule has 1 fully saturated rings. The van der Waals surface area contributed by atoms with E-state index in [4.69, 9.17) is 19.6 Å². The second-order valence-corrected chi connectivity index (χ2v) is 10.6. The Morgan fingerprint density at radius 3 is 2.53 bits per heavy atom. The number of benzene rings is 2. The van der Waals surface area contributed by atoms with Crippen molar-refractivity contribution in [2.45, 2.75) is 46.0 Å². The minimum absolute atomic E-state index is 0.0428. The van der Waals surface area contributed by atoms with E-state index in [-0.39, 0.29) is 11.4 Å². The van der Waals surface area contributed by atoms with Crippen LogP contribution in [0.4, 0.5) is 0 Å². The quantitative estimate of drug-likeness (QED) is 0.332. The summed E-state index contributed by atoms with van der Waals surface area (Å²) in [5.41, 5.74) is 3.07. The van der Waals surface area contributed by atoms with Crippen LogP contribution in [0.2, 0.25) is 0 Å². The van der Waals surface area contributed by atoms with E-state index < -0.39 is 5.91 Å². The fraction of sp³-hybridized carbons (Fsp3) is 0.379. The van der Waals surface area contributed by atoms with E-state index in [9.17, 15) is 4.79 Å². The third-order valence-corrected chi connectivity index (χ3v) is 7.99. The number of aliphatic imine (C=N–C) groups is 1. The zero-order chi connectivity index (χ0) is 26.6. The van der Waals surface area contributed by atoms with Crippen molar-refractivity contribution < 1.29 is 19.0 Å². The Bertz CT molecular complexity index is 1320. The molecule has 9 heteroatoms. The second kappa shape index (κ2) is 11.4. The van der Waals surface area contributed by atoms with Crippen LogP contribution in [0.15, 0.2) is 52.1 Å². The Labute approximate surface area is 227 Å². The van der Waals surface area contributed by atoms with Gasteiger partial charge >= 0.3 is 0 Å². The van der Waals surface area contributed by atoms with Gasteiger partial charge in [0, 0.05) is 5.92 Å². The van der Waals surface area contributed by atoms with Crippen LogP contribution in [0.5, 0.6) is 17.2 Å². The van der Waals surface area contributed by atoms with Gasteiger partial charge in [0.05, 0.1) is 12.7 Å². The Morgan fingerprint density at radius 1 is 1.05 bits per heavy atom. The first kappa shape index (κ1) is 26.0. The number of hydrogen-bond acceptors (Lipinski definition) is 7. The monoisotopic (exact) mass is 532 g/mol. The van der Waals surface area contributed by atoms with Crippen molar-refractivity contribution in [1.82, 2.24) is 5.01 Å². The van der Waals surface area contributed by atoms with Gasteiger partial charge in [0.2, 0.25) is 5.17 Å². The van der Waals surface area contributed by atoms with Crippen molar-refractivity contribution in [2.24, 2.45) is 16.0 Å². The number of nitrogens with zero attached hydrogens (tertiary/aromatic N) is 3. The Morgan fingerprint density at radius 2 is 1.79 bits per heavy atom. The molecule has 0 aromatic heterocycles. The van der Waals surface area contributed by atoms with Crippen molar-refractivity contribution in [3.05, 3.63) is 58.7 Å². The Kier molecular flexibility index (Phi) is 7.83. The van der Waals surface area contributed by atoms with Crippen LogP contribution >= 0.6 is 11.8 Å². The molecule has 0 spiro atoms. The predicted octanol–water partition coefficient (Wildman–Crippen LogP) is 5.97. The summed E-state index contributed by atoms with van der Waals surface area (Å²) in [6.45, 7) is 4.78. The van der Waals surface area contributed by atoms with Crippen LogP contribution in [-0.4, -0.2) is 47.3 Å². The van der Waals surface area contributed by atoms with Gasteiger partial charge < -0.3 is 14.2 Å². The van der Waals surface area contributed by atoms with Gasteiger partial charge in [-0.3, -0.25) is 10.2 Å². The molecular weight excluding hydrogens is 500 g/mol. The highest BCUT2D eigenvalue weighted by Gasteiger charge is 2.38. The number of hydrazone groups is 1. The maximum Gasteiger partial charge on any atom is 0.283 e. The highest BCUT2D eigenvalue weighted by molar-refractivity contribution is 8.27. The molecular formula is C29H32N4O4S. The van der Waals surface area contributed by atoms with E-state index in [1.807, 2.05) is 38.1 Å².